The number of aromatic nitrogens is 2. The highest BCUT2D eigenvalue weighted by atomic mass is 79.9. The van der Waals surface area contributed by atoms with Gasteiger partial charge in [-0.05, 0) is 43.5 Å². The second-order valence-corrected chi connectivity index (χ2v) is 6.19. The highest BCUT2D eigenvalue weighted by molar-refractivity contribution is 9.10. The van der Waals surface area contributed by atoms with Gasteiger partial charge in [0.1, 0.15) is 17.5 Å². The summed E-state index contributed by atoms with van der Waals surface area (Å²) in [5.74, 6) is 2.72. The largest absolute Gasteiger partial charge is 0.370 e. The molecule has 110 valence electrons. The summed E-state index contributed by atoms with van der Waals surface area (Å²) in [4.78, 5) is 11.3. The number of nitrogens with one attached hydrogen (secondary N) is 1. The van der Waals surface area contributed by atoms with Crippen molar-refractivity contribution >= 4 is 27.6 Å². The van der Waals surface area contributed by atoms with Crippen LogP contribution in [0.15, 0.2) is 28.7 Å². The van der Waals surface area contributed by atoms with Gasteiger partial charge < -0.3 is 10.2 Å². The minimum Gasteiger partial charge on any atom is -0.370 e. The molecule has 1 aliphatic heterocycles. The van der Waals surface area contributed by atoms with Crippen LogP contribution < -0.4 is 10.2 Å². The van der Waals surface area contributed by atoms with E-state index in [4.69, 9.17) is 0 Å². The molecule has 5 heteroatoms. The summed E-state index contributed by atoms with van der Waals surface area (Å²) >= 11 is 3.56. The smallest absolute Gasteiger partial charge is 0.134 e. The molecule has 0 amide bonds. The monoisotopic (exact) mass is 346 g/mol. The molecule has 0 fully saturated rings. The molecule has 1 aromatic carbocycles. The first-order valence-electron chi connectivity index (χ1n) is 7.27. The molecule has 1 N–H and O–H groups in total. The second kappa shape index (κ2) is 6.02. The Bertz CT molecular complexity index is 657. The van der Waals surface area contributed by atoms with Crippen LogP contribution in [0.1, 0.15) is 23.9 Å². The Morgan fingerprint density at radius 3 is 2.90 bits per heavy atom. The summed E-state index contributed by atoms with van der Waals surface area (Å²) in [5.41, 5.74) is 2.81. The van der Waals surface area contributed by atoms with Crippen LogP contribution >= 0.6 is 15.9 Å². The highest BCUT2D eigenvalue weighted by Gasteiger charge is 2.18. The molecule has 0 saturated heterocycles. The topological polar surface area (TPSA) is 41.0 Å². The Morgan fingerprint density at radius 2 is 2.10 bits per heavy atom. The van der Waals surface area contributed by atoms with Crippen molar-refractivity contribution < 1.29 is 0 Å². The maximum Gasteiger partial charge on any atom is 0.134 e. The maximum absolute atomic E-state index is 4.60. The highest BCUT2D eigenvalue weighted by Crippen LogP contribution is 2.26. The van der Waals surface area contributed by atoms with E-state index in [1.165, 1.54) is 11.1 Å². The second-order valence-electron chi connectivity index (χ2n) is 5.27. The molecule has 0 radical (unpaired) electrons. The van der Waals surface area contributed by atoms with E-state index in [2.05, 4.69) is 61.2 Å². The number of rotatable bonds is 3. The first kappa shape index (κ1) is 14.3. The molecule has 1 aromatic heterocycles. The molecule has 0 saturated carbocycles. The third-order valence-electron chi connectivity index (χ3n) is 3.69. The van der Waals surface area contributed by atoms with Crippen molar-refractivity contribution in [3.8, 4) is 0 Å². The molecule has 4 nitrogen and oxygen atoms in total. The standard InChI is InChI=1S/C16H19BrN4/c1-3-18-15-9-16(20-11(2)19-15)21-7-6-12-4-5-14(17)8-13(12)10-21/h4-5,8-9H,3,6-7,10H2,1-2H3,(H,18,19,20). The fourth-order valence-electron chi connectivity index (χ4n) is 2.71. The van der Waals surface area contributed by atoms with E-state index >= 15 is 0 Å². The summed E-state index contributed by atoms with van der Waals surface area (Å²) in [5, 5.41) is 3.27. The molecule has 0 atom stereocenters. The van der Waals surface area contributed by atoms with E-state index in [1.807, 2.05) is 13.0 Å². The fraction of sp³-hybridized carbons (Fsp3) is 0.375. The molecule has 0 unspecified atom stereocenters. The van der Waals surface area contributed by atoms with Crippen molar-refractivity contribution in [1.82, 2.24) is 9.97 Å². The lowest BCUT2D eigenvalue weighted by Crippen LogP contribution is -2.31. The predicted octanol–water partition coefficient (Wildman–Crippen LogP) is 3.54. The van der Waals surface area contributed by atoms with Crippen molar-refractivity contribution in [1.29, 1.82) is 0 Å². The summed E-state index contributed by atoms with van der Waals surface area (Å²) in [6.07, 6.45) is 1.06. The first-order chi connectivity index (χ1) is 10.2. The van der Waals surface area contributed by atoms with Crippen LogP contribution in [-0.4, -0.2) is 23.1 Å². The number of aryl methyl sites for hydroxylation is 1. The Labute approximate surface area is 133 Å². The third kappa shape index (κ3) is 3.18. The number of halogens is 1. The lowest BCUT2D eigenvalue weighted by atomic mass is 10.00. The van der Waals surface area contributed by atoms with Crippen LogP contribution in [0.4, 0.5) is 11.6 Å². The summed E-state index contributed by atoms with van der Waals surface area (Å²) in [6, 6.07) is 8.58. The van der Waals surface area contributed by atoms with Crippen LogP contribution in [0, 0.1) is 6.92 Å². The van der Waals surface area contributed by atoms with Gasteiger partial charge in [0.05, 0.1) is 0 Å². The quantitative estimate of drug-likeness (QED) is 0.922. The number of hydrogen-bond donors (Lipinski definition) is 1. The van der Waals surface area contributed by atoms with Crippen LogP contribution in [-0.2, 0) is 13.0 Å². The summed E-state index contributed by atoms with van der Waals surface area (Å²) in [7, 11) is 0. The van der Waals surface area contributed by atoms with E-state index in [1.54, 1.807) is 0 Å². The Hall–Kier alpha value is -1.62. The van der Waals surface area contributed by atoms with Crippen LogP contribution in [0.3, 0.4) is 0 Å². The lowest BCUT2D eigenvalue weighted by molar-refractivity contribution is 0.716. The van der Waals surface area contributed by atoms with Crippen molar-refractivity contribution in [2.24, 2.45) is 0 Å². The van der Waals surface area contributed by atoms with Gasteiger partial charge in [-0.3, -0.25) is 0 Å². The Morgan fingerprint density at radius 1 is 1.24 bits per heavy atom. The number of benzene rings is 1. The van der Waals surface area contributed by atoms with E-state index in [9.17, 15) is 0 Å². The van der Waals surface area contributed by atoms with Crippen LogP contribution in [0.25, 0.3) is 0 Å². The molecule has 2 aromatic rings. The number of nitrogens with zero attached hydrogens (tertiary/aromatic N) is 3. The Balaban J connectivity index is 1.88. The van der Waals surface area contributed by atoms with Crippen LogP contribution in [0.5, 0.6) is 0 Å². The third-order valence-corrected chi connectivity index (χ3v) is 4.18. The van der Waals surface area contributed by atoms with Crippen molar-refractivity contribution in [3.63, 3.8) is 0 Å². The zero-order valence-corrected chi connectivity index (χ0v) is 13.9. The predicted molar refractivity (Wildman–Crippen MR) is 89.8 cm³/mol. The fourth-order valence-corrected chi connectivity index (χ4v) is 3.12. The number of fused-ring (bicyclic) bond motifs is 1. The summed E-state index contributed by atoms with van der Waals surface area (Å²) in [6.45, 7) is 6.78. The SMILES string of the molecule is CCNc1cc(N2CCc3ccc(Br)cc3C2)nc(C)n1. The normalized spacial score (nSPS) is 14.0. The lowest BCUT2D eigenvalue weighted by Gasteiger charge is -2.30. The van der Waals surface area contributed by atoms with E-state index < -0.39 is 0 Å². The molecule has 2 heterocycles. The molecule has 0 bridgehead atoms. The minimum absolute atomic E-state index is 0.809. The van der Waals surface area contributed by atoms with Crippen molar-refractivity contribution in [2.75, 3.05) is 23.3 Å². The van der Waals surface area contributed by atoms with Gasteiger partial charge in [-0.15, -0.1) is 0 Å². The van der Waals surface area contributed by atoms with Gasteiger partial charge in [0.2, 0.25) is 0 Å². The zero-order chi connectivity index (χ0) is 14.8. The van der Waals surface area contributed by atoms with Gasteiger partial charge in [0.15, 0.2) is 0 Å². The van der Waals surface area contributed by atoms with Gasteiger partial charge in [-0.25, -0.2) is 9.97 Å². The minimum atomic E-state index is 0.809. The molecule has 21 heavy (non-hydrogen) atoms. The van der Waals surface area contributed by atoms with Gasteiger partial charge in [-0.1, -0.05) is 22.0 Å². The van der Waals surface area contributed by atoms with E-state index in [-0.39, 0.29) is 0 Å². The molecule has 0 spiro atoms. The van der Waals surface area contributed by atoms with Gasteiger partial charge in [-0.2, -0.15) is 0 Å². The van der Waals surface area contributed by atoms with Crippen LogP contribution in [0.2, 0.25) is 0 Å². The molecular formula is C16H19BrN4. The average molecular weight is 347 g/mol. The van der Waals surface area contributed by atoms with E-state index in [0.29, 0.717) is 0 Å². The molecular weight excluding hydrogens is 328 g/mol. The average Bonchev–Trinajstić information content (AvgIpc) is 2.46. The van der Waals surface area contributed by atoms with Gasteiger partial charge >= 0.3 is 0 Å². The zero-order valence-electron chi connectivity index (χ0n) is 12.4. The Kier molecular flexibility index (Phi) is 4.10. The number of hydrogen-bond acceptors (Lipinski definition) is 4. The summed E-state index contributed by atoms with van der Waals surface area (Å²) < 4.78 is 1.13. The molecule has 3 rings (SSSR count). The van der Waals surface area contributed by atoms with Crippen molar-refractivity contribution in [2.45, 2.75) is 26.8 Å². The number of anilines is 2. The molecule has 0 aliphatic carbocycles. The van der Waals surface area contributed by atoms with Gasteiger partial charge in [0.25, 0.3) is 0 Å². The maximum atomic E-state index is 4.60. The first-order valence-corrected chi connectivity index (χ1v) is 8.07. The van der Waals surface area contributed by atoms with Gasteiger partial charge in [0, 0.05) is 30.2 Å². The molecule has 1 aliphatic rings. The van der Waals surface area contributed by atoms with Crippen molar-refractivity contribution in [3.05, 3.63) is 45.7 Å². The van der Waals surface area contributed by atoms with E-state index in [0.717, 1.165) is 48.0 Å².